The fraction of sp³-hybridized carbons (Fsp3) is 0.500. The number of rotatable bonds is 1. The lowest BCUT2D eigenvalue weighted by atomic mass is 9.81. The van der Waals surface area contributed by atoms with Gasteiger partial charge in [0.05, 0.1) is 17.0 Å². The number of H-pyrrole nitrogens is 1. The monoisotopic (exact) mass is 346 g/mol. The molecule has 1 fully saturated rings. The number of aromatic amines is 1. The lowest BCUT2D eigenvalue weighted by Crippen LogP contribution is -2.27. The van der Waals surface area contributed by atoms with Crippen LogP contribution in [-0.2, 0) is 0 Å². The molecule has 0 radical (unpaired) electrons. The van der Waals surface area contributed by atoms with Crippen LogP contribution in [0.4, 0.5) is 13.2 Å². The first-order valence-corrected chi connectivity index (χ1v) is 7.44. The molecule has 0 spiro atoms. The van der Waals surface area contributed by atoms with E-state index in [1.165, 1.54) is 0 Å². The van der Waals surface area contributed by atoms with Crippen LogP contribution < -0.4 is 0 Å². The molecule has 0 atom stereocenters. The van der Waals surface area contributed by atoms with Gasteiger partial charge in [0.2, 0.25) is 0 Å². The number of aromatic nitrogens is 2. The summed E-state index contributed by atoms with van der Waals surface area (Å²) in [4.78, 5) is 7.74. The van der Waals surface area contributed by atoms with Crippen molar-refractivity contribution in [2.75, 3.05) is 0 Å². The van der Waals surface area contributed by atoms with E-state index in [1.54, 1.807) is 0 Å². The molecule has 1 saturated carbocycles. The van der Waals surface area contributed by atoms with Crippen molar-refractivity contribution in [2.24, 2.45) is 5.92 Å². The summed E-state index contributed by atoms with van der Waals surface area (Å²) in [5.74, 6) is -0.212. The molecule has 20 heavy (non-hydrogen) atoms. The molecule has 0 bridgehead atoms. The fourth-order valence-corrected chi connectivity index (χ4v) is 3.25. The molecule has 3 rings (SSSR count). The van der Waals surface area contributed by atoms with Crippen LogP contribution >= 0.6 is 15.9 Å². The molecular formula is C14H14BrF3N2. The number of benzene rings is 1. The van der Waals surface area contributed by atoms with Gasteiger partial charge in [-0.15, -0.1) is 0 Å². The zero-order valence-corrected chi connectivity index (χ0v) is 12.3. The van der Waals surface area contributed by atoms with Crippen molar-refractivity contribution in [2.45, 2.75) is 37.8 Å². The molecule has 1 N–H and O–H groups in total. The van der Waals surface area contributed by atoms with Crippen molar-refractivity contribution in [1.29, 1.82) is 0 Å². The smallest absolute Gasteiger partial charge is 0.342 e. The molecule has 1 aromatic carbocycles. The second kappa shape index (κ2) is 5.06. The van der Waals surface area contributed by atoms with Crippen LogP contribution in [0.25, 0.3) is 11.0 Å². The number of alkyl halides is 3. The van der Waals surface area contributed by atoms with Crippen LogP contribution in [0.5, 0.6) is 0 Å². The average Bonchev–Trinajstić information content (AvgIpc) is 2.80. The van der Waals surface area contributed by atoms with Gasteiger partial charge in [-0.05, 0) is 43.9 Å². The molecule has 1 heterocycles. The van der Waals surface area contributed by atoms with E-state index in [9.17, 15) is 13.2 Å². The third-order valence-electron chi connectivity index (χ3n) is 4.04. The number of nitrogens with one attached hydrogen (secondary N) is 1. The van der Waals surface area contributed by atoms with Gasteiger partial charge in [0, 0.05) is 10.4 Å². The largest absolute Gasteiger partial charge is 0.391 e. The van der Waals surface area contributed by atoms with Gasteiger partial charge in [-0.1, -0.05) is 15.9 Å². The van der Waals surface area contributed by atoms with Crippen LogP contribution in [0.1, 0.15) is 37.4 Å². The molecule has 0 amide bonds. The molecule has 108 valence electrons. The van der Waals surface area contributed by atoms with E-state index in [-0.39, 0.29) is 18.8 Å². The Kier molecular flexibility index (Phi) is 3.52. The van der Waals surface area contributed by atoms with Crippen LogP contribution in [0, 0.1) is 5.92 Å². The van der Waals surface area contributed by atoms with Crippen LogP contribution in [0.3, 0.4) is 0 Å². The second-order valence-electron chi connectivity index (χ2n) is 5.37. The van der Waals surface area contributed by atoms with Gasteiger partial charge in [-0.2, -0.15) is 13.2 Å². The van der Waals surface area contributed by atoms with E-state index in [0.29, 0.717) is 12.8 Å². The topological polar surface area (TPSA) is 28.7 Å². The Bertz CT molecular complexity index is 612. The van der Waals surface area contributed by atoms with E-state index in [0.717, 1.165) is 21.3 Å². The summed E-state index contributed by atoms with van der Waals surface area (Å²) in [7, 11) is 0. The predicted octanol–water partition coefficient (Wildman–Crippen LogP) is 5.16. The van der Waals surface area contributed by atoms with Gasteiger partial charge < -0.3 is 4.98 Å². The minimum atomic E-state index is -4.05. The molecule has 0 unspecified atom stereocenters. The Morgan fingerprint density at radius 3 is 2.50 bits per heavy atom. The number of fused-ring (bicyclic) bond motifs is 1. The first-order chi connectivity index (χ1) is 9.43. The van der Waals surface area contributed by atoms with Gasteiger partial charge in [0.1, 0.15) is 5.82 Å². The normalized spacial score (nSPS) is 24.2. The maximum Gasteiger partial charge on any atom is 0.391 e. The standard InChI is InChI=1S/C14H14BrF3N2/c15-10-5-6-11-12(7-10)20-13(19-11)8-1-3-9(4-2-8)14(16,17)18/h5-9H,1-4H2,(H,19,20). The first kappa shape index (κ1) is 13.9. The summed E-state index contributed by atoms with van der Waals surface area (Å²) in [6.45, 7) is 0. The average molecular weight is 347 g/mol. The molecule has 1 aliphatic rings. The first-order valence-electron chi connectivity index (χ1n) is 6.65. The highest BCUT2D eigenvalue weighted by atomic mass is 79.9. The highest BCUT2D eigenvalue weighted by Gasteiger charge is 2.41. The minimum Gasteiger partial charge on any atom is -0.342 e. The summed E-state index contributed by atoms with van der Waals surface area (Å²) in [5.41, 5.74) is 1.79. The van der Waals surface area contributed by atoms with Crippen molar-refractivity contribution >= 4 is 27.0 Å². The SMILES string of the molecule is FC(F)(F)C1CCC(c2nc3ccc(Br)cc3[nH]2)CC1. The molecule has 2 nitrogen and oxygen atoms in total. The van der Waals surface area contributed by atoms with Gasteiger partial charge >= 0.3 is 6.18 Å². The number of halogens is 4. The molecule has 1 aliphatic carbocycles. The third-order valence-corrected chi connectivity index (χ3v) is 4.53. The van der Waals surface area contributed by atoms with E-state index in [2.05, 4.69) is 25.9 Å². The van der Waals surface area contributed by atoms with Crippen LogP contribution in [0.15, 0.2) is 22.7 Å². The lowest BCUT2D eigenvalue weighted by Gasteiger charge is -2.28. The lowest BCUT2D eigenvalue weighted by molar-refractivity contribution is -0.182. The van der Waals surface area contributed by atoms with E-state index in [1.807, 2.05) is 18.2 Å². The summed E-state index contributed by atoms with van der Waals surface area (Å²) in [6, 6.07) is 5.75. The van der Waals surface area contributed by atoms with E-state index < -0.39 is 12.1 Å². The van der Waals surface area contributed by atoms with Crippen LogP contribution in [-0.4, -0.2) is 16.1 Å². The third kappa shape index (κ3) is 2.71. The van der Waals surface area contributed by atoms with Gasteiger partial charge in [0.15, 0.2) is 0 Å². The highest BCUT2D eigenvalue weighted by molar-refractivity contribution is 9.10. The summed E-state index contributed by atoms with van der Waals surface area (Å²) >= 11 is 3.39. The summed E-state index contributed by atoms with van der Waals surface area (Å²) < 4.78 is 38.9. The van der Waals surface area contributed by atoms with Gasteiger partial charge in [-0.25, -0.2) is 4.98 Å². The second-order valence-corrected chi connectivity index (χ2v) is 6.29. The minimum absolute atomic E-state index is 0.111. The summed E-state index contributed by atoms with van der Waals surface area (Å²) in [6.07, 6.45) is -2.55. The number of hydrogen-bond donors (Lipinski definition) is 1. The Hall–Kier alpha value is -1.04. The number of hydrogen-bond acceptors (Lipinski definition) is 1. The Morgan fingerprint density at radius 2 is 1.85 bits per heavy atom. The summed E-state index contributed by atoms with van der Waals surface area (Å²) in [5, 5.41) is 0. The molecule has 0 saturated heterocycles. The quantitative estimate of drug-likeness (QED) is 0.758. The molecule has 2 aromatic rings. The zero-order valence-electron chi connectivity index (χ0n) is 10.7. The number of nitrogens with zero attached hydrogens (tertiary/aromatic N) is 1. The molecule has 1 aromatic heterocycles. The fourth-order valence-electron chi connectivity index (χ4n) is 2.89. The Labute approximate surface area is 122 Å². The predicted molar refractivity (Wildman–Crippen MR) is 74.5 cm³/mol. The van der Waals surface area contributed by atoms with E-state index >= 15 is 0 Å². The highest BCUT2D eigenvalue weighted by Crippen LogP contribution is 2.42. The van der Waals surface area contributed by atoms with E-state index in [4.69, 9.17) is 0 Å². The maximum absolute atomic E-state index is 12.7. The van der Waals surface area contributed by atoms with Crippen molar-refractivity contribution in [3.63, 3.8) is 0 Å². The maximum atomic E-state index is 12.7. The van der Waals surface area contributed by atoms with Gasteiger partial charge in [0.25, 0.3) is 0 Å². The Balaban J connectivity index is 1.76. The molecule has 0 aliphatic heterocycles. The number of imidazole rings is 1. The van der Waals surface area contributed by atoms with Crippen LogP contribution in [0.2, 0.25) is 0 Å². The Morgan fingerprint density at radius 1 is 1.15 bits per heavy atom. The molecule has 6 heteroatoms. The van der Waals surface area contributed by atoms with Crippen molar-refractivity contribution in [3.05, 3.63) is 28.5 Å². The zero-order chi connectivity index (χ0) is 14.3. The van der Waals surface area contributed by atoms with Crippen molar-refractivity contribution < 1.29 is 13.2 Å². The van der Waals surface area contributed by atoms with Crippen molar-refractivity contribution in [1.82, 2.24) is 9.97 Å². The molecular weight excluding hydrogens is 333 g/mol. The van der Waals surface area contributed by atoms with Gasteiger partial charge in [-0.3, -0.25) is 0 Å². The van der Waals surface area contributed by atoms with Crippen molar-refractivity contribution in [3.8, 4) is 0 Å².